The summed E-state index contributed by atoms with van der Waals surface area (Å²) < 4.78 is 10.9. The van der Waals surface area contributed by atoms with Crippen molar-refractivity contribution in [3.63, 3.8) is 0 Å². The fraction of sp³-hybridized carbons (Fsp3) is 0.350. The average Bonchev–Trinajstić information content (AvgIpc) is 2.63. The van der Waals surface area contributed by atoms with E-state index in [0.717, 1.165) is 35.4 Å². The van der Waals surface area contributed by atoms with Crippen LogP contribution in [0.4, 0.5) is 10.5 Å². The standard InChI is InChI=1S/C20H26N2O3/c1-4-15-8-7-9-16(5-2)19(15)22-20(23)21-14-25-18-12-10-17(11-13-18)24-6-3/h7-13H,4-6,14H2,1-3H3,(H2,21,22,23). The first kappa shape index (κ1) is 18.6. The second-order valence-corrected chi connectivity index (χ2v) is 5.48. The van der Waals surface area contributed by atoms with Crippen LogP contribution in [0.25, 0.3) is 0 Å². The molecule has 0 aliphatic carbocycles. The molecule has 0 bridgehead atoms. The smallest absolute Gasteiger partial charge is 0.321 e. The summed E-state index contributed by atoms with van der Waals surface area (Å²) in [5, 5.41) is 5.66. The van der Waals surface area contributed by atoms with Crippen molar-refractivity contribution < 1.29 is 14.3 Å². The van der Waals surface area contributed by atoms with Crippen molar-refractivity contribution in [3.05, 3.63) is 53.6 Å². The van der Waals surface area contributed by atoms with Gasteiger partial charge in [0.05, 0.1) is 6.61 Å². The van der Waals surface area contributed by atoms with Crippen LogP contribution >= 0.6 is 0 Å². The van der Waals surface area contributed by atoms with Gasteiger partial charge in [-0.2, -0.15) is 0 Å². The maximum absolute atomic E-state index is 12.2. The van der Waals surface area contributed by atoms with Gasteiger partial charge in [-0.1, -0.05) is 32.0 Å². The van der Waals surface area contributed by atoms with Crippen molar-refractivity contribution >= 4 is 11.7 Å². The van der Waals surface area contributed by atoms with Crippen LogP contribution in [0.3, 0.4) is 0 Å². The molecule has 0 radical (unpaired) electrons. The van der Waals surface area contributed by atoms with E-state index in [1.165, 1.54) is 0 Å². The largest absolute Gasteiger partial charge is 0.494 e. The zero-order valence-corrected chi connectivity index (χ0v) is 15.1. The Morgan fingerprint density at radius 1 is 0.880 bits per heavy atom. The Balaban J connectivity index is 1.87. The third-order valence-corrected chi connectivity index (χ3v) is 3.84. The molecule has 5 heteroatoms. The van der Waals surface area contributed by atoms with Gasteiger partial charge in [0.1, 0.15) is 11.5 Å². The lowest BCUT2D eigenvalue weighted by Gasteiger charge is -2.15. The SMILES string of the molecule is CCOc1ccc(OCNC(=O)Nc2c(CC)cccc2CC)cc1. The van der Waals surface area contributed by atoms with Gasteiger partial charge in [-0.3, -0.25) is 0 Å². The van der Waals surface area contributed by atoms with Gasteiger partial charge in [-0.15, -0.1) is 0 Å². The summed E-state index contributed by atoms with van der Waals surface area (Å²) in [4.78, 5) is 12.2. The van der Waals surface area contributed by atoms with Crippen molar-refractivity contribution in [2.24, 2.45) is 0 Å². The molecule has 134 valence electrons. The summed E-state index contributed by atoms with van der Waals surface area (Å²) in [5.74, 6) is 1.47. The fourth-order valence-electron chi connectivity index (χ4n) is 2.54. The van der Waals surface area contributed by atoms with Gasteiger partial charge >= 0.3 is 6.03 Å². The summed E-state index contributed by atoms with van der Waals surface area (Å²) >= 11 is 0. The number of hydrogen-bond donors (Lipinski definition) is 2. The highest BCUT2D eigenvalue weighted by molar-refractivity contribution is 5.91. The van der Waals surface area contributed by atoms with Crippen LogP contribution in [0.2, 0.25) is 0 Å². The van der Waals surface area contributed by atoms with Gasteiger partial charge in [0.2, 0.25) is 0 Å². The van der Waals surface area contributed by atoms with Gasteiger partial charge in [0.15, 0.2) is 6.73 Å². The molecule has 2 aromatic carbocycles. The first-order chi connectivity index (χ1) is 12.2. The van der Waals surface area contributed by atoms with Crippen LogP contribution in [-0.2, 0) is 12.8 Å². The quantitative estimate of drug-likeness (QED) is 0.700. The number of benzene rings is 2. The van der Waals surface area contributed by atoms with E-state index in [1.807, 2.05) is 49.4 Å². The number of carbonyl (C=O) groups excluding carboxylic acids is 1. The van der Waals surface area contributed by atoms with Gasteiger partial charge in [0, 0.05) is 5.69 Å². The summed E-state index contributed by atoms with van der Waals surface area (Å²) in [6.45, 7) is 6.81. The van der Waals surface area contributed by atoms with Crippen LogP contribution in [0, 0.1) is 0 Å². The number of nitrogens with one attached hydrogen (secondary N) is 2. The number of urea groups is 1. The molecular formula is C20H26N2O3. The Kier molecular flexibility index (Phi) is 7.14. The molecule has 0 saturated carbocycles. The van der Waals surface area contributed by atoms with E-state index < -0.39 is 0 Å². The van der Waals surface area contributed by atoms with Crippen LogP contribution in [0.15, 0.2) is 42.5 Å². The molecule has 0 aliphatic rings. The van der Waals surface area contributed by atoms with Crippen LogP contribution < -0.4 is 20.1 Å². The molecular weight excluding hydrogens is 316 g/mol. The molecule has 0 atom stereocenters. The number of anilines is 1. The molecule has 0 aliphatic heterocycles. The maximum atomic E-state index is 12.2. The Morgan fingerprint density at radius 3 is 1.96 bits per heavy atom. The van der Waals surface area contributed by atoms with Crippen LogP contribution in [-0.4, -0.2) is 19.4 Å². The summed E-state index contributed by atoms with van der Waals surface area (Å²) in [5.41, 5.74) is 3.15. The van der Waals surface area contributed by atoms with E-state index in [9.17, 15) is 4.79 Å². The van der Waals surface area contributed by atoms with Crippen LogP contribution in [0.1, 0.15) is 31.9 Å². The van der Waals surface area contributed by atoms with E-state index in [4.69, 9.17) is 9.47 Å². The zero-order chi connectivity index (χ0) is 18.1. The molecule has 0 heterocycles. The lowest BCUT2D eigenvalue weighted by molar-refractivity contribution is 0.234. The van der Waals surface area contributed by atoms with E-state index in [0.29, 0.717) is 12.4 Å². The highest BCUT2D eigenvalue weighted by Crippen LogP contribution is 2.22. The lowest BCUT2D eigenvalue weighted by atomic mass is 10.0. The Bertz CT molecular complexity index is 662. The highest BCUT2D eigenvalue weighted by Gasteiger charge is 2.09. The molecule has 0 saturated heterocycles. The van der Waals surface area contributed by atoms with Crippen molar-refractivity contribution in [3.8, 4) is 11.5 Å². The Hall–Kier alpha value is -2.69. The number of amides is 2. The second kappa shape index (κ2) is 9.57. The van der Waals surface area contributed by atoms with Gasteiger partial charge < -0.3 is 20.1 Å². The van der Waals surface area contributed by atoms with Crippen molar-refractivity contribution in [2.45, 2.75) is 33.6 Å². The first-order valence-corrected chi connectivity index (χ1v) is 8.69. The fourth-order valence-corrected chi connectivity index (χ4v) is 2.54. The van der Waals surface area contributed by atoms with Gasteiger partial charge in [-0.25, -0.2) is 4.79 Å². The predicted octanol–water partition coefficient (Wildman–Crippen LogP) is 4.37. The second-order valence-electron chi connectivity index (χ2n) is 5.48. The molecule has 2 N–H and O–H groups in total. The highest BCUT2D eigenvalue weighted by atomic mass is 16.5. The normalized spacial score (nSPS) is 10.2. The number of aryl methyl sites for hydroxylation is 2. The zero-order valence-electron chi connectivity index (χ0n) is 15.1. The molecule has 2 aromatic rings. The third-order valence-electron chi connectivity index (χ3n) is 3.84. The average molecular weight is 342 g/mol. The number of carbonyl (C=O) groups is 1. The molecule has 25 heavy (non-hydrogen) atoms. The molecule has 0 aromatic heterocycles. The van der Waals surface area contributed by atoms with E-state index >= 15 is 0 Å². The van der Waals surface area contributed by atoms with Crippen molar-refractivity contribution in [1.82, 2.24) is 5.32 Å². The summed E-state index contributed by atoms with van der Waals surface area (Å²) in [7, 11) is 0. The number of hydrogen-bond acceptors (Lipinski definition) is 3. The molecule has 0 spiro atoms. The lowest BCUT2D eigenvalue weighted by Crippen LogP contribution is -2.32. The van der Waals surface area contributed by atoms with Gasteiger partial charge in [0.25, 0.3) is 0 Å². The van der Waals surface area contributed by atoms with E-state index in [1.54, 1.807) is 0 Å². The molecule has 0 unspecified atom stereocenters. The van der Waals surface area contributed by atoms with Crippen LogP contribution in [0.5, 0.6) is 11.5 Å². The molecule has 2 amide bonds. The van der Waals surface area contributed by atoms with Gasteiger partial charge in [-0.05, 0) is 55.2 Å². The van der Waals surface area contributed by atoms with E-state index in [2.05, 4.69) is 24.5 Å². The third kappa shape index (κ3) is 5.41. The maximum Gasteiger partial charge on any atom is 0.321 e. The number of ether oxygens (including phenoxy) is 2. The minimum Gasteiger partial charge on any atom is -0.494 e. The summed E-state index contributed by atoms with van der Waals surface area (Å²) in [6, 6.07) is 13.1. The minimum atomic E-state index is -0.276. The summed E-state index contributed by atoms with van der Waals surface area (Å²) in [6.07, 6.45) is 1.73. The Labute approximate surface area is 149 Å². The Morgan fingerprint density at radius 2 is 1.44 bits per heavy atom. The molecule has 2 rings (SSSR count). The van der Waals surface area contributed by atoms with Crippen molar-refractivity contribution in [2.75, 3.05) is 18.7 Å². The number of para-hydroxylation sites is 1. The van der Waals surface area contributed by atoms with Crippen molar-refractivity contribution in [1.29, 1.82) is 0 Å². The monoisotopic (exact) mass is 342 g/mol. The molecule has 5 nitrogen and oxygen atoms in total. The molecule has 0 fully saturated rings. The van der Waals surface area contributed by atoms with E-state index in [-0.39, 0.29) is 12.8 Å². The number of rotatable bonds is 8. The predicted molar refractivity (Wildman–Crippen MR) is 100 cm³/mol. The topological polar surface area (TPSA) is 59.6 Å². The minimum absolute atomic E-state index is 0.0928. The first-order valence-electron chi connectivity index (χ1n) is 8.69.